The zero-order chi connectivity index (χ0) is 19.5. The first kappa shape index (κ1) is 17.5. The number of aromatic amines is 1. The van der Waals surface area contributed by atoms with Gasteiger partial charge in [-0.05, 0) is 24.3 Å². The maximum Gasteiger partial charge on any atom is 0.411 e. The van der Waals surface area contributed by atoms with Gasteiger partial charge < -0.3 is 10.1 Å². The highest BCUT2D eigenvalue weighted by Gasteiger charge is 2.15. The molecule has 0 spiro atoms. The topological polar surface area (TPSA) is 69.2 Å². The molecule has 0 unspecified atom stereocenters. The Labute approximate surface area is 162 Å². The van der Waals surface area contributed by atoms with Gasteiger partial charge in [-0.15, -0.1) is 0 Å². The van der Waals surface area contributed by atoms with Crippen molar-refractivity contribution in [1.82, 2.24) is 9.97 Å². The van der Waals surface area contributed by atoms with Gasteiger partial charge in [0.1, 0.15) is 5.82 Å². The fourth-order valence-electron chi connectivity index (χ4n) is 3.08. The Morgan fingerprint density at radius 1 is 0.821 bits per heavy atom. The van der Waals surface area contributed by atoms with Crippen molar-refractivity contribution in [3.63, 3.8) is 0 Å². The fraction of sp³-hybridized carbons (Fsp3) is 0.0435. The lowest BCUT2D eigenvalue weighted by atomic mass is 10.1. The van der Waals surface area contributed by atoms with Gasteiger partial charge in [-0.1, -0.05) is 60.7 Å². The highest BCUT2D eigenvalue weighted by molar-refractivity contribution is 5.86. The van der Waals surface area contributed by atoms with Crippen LogP contribution in [0, 0.1) is 0 Å². The van der Waals surface area contributed by atoms with Crippen LogP contribution < -0.4 is 4.90 Å². The van der Waals surface area contributed by atoms with Crippen LogP contribution in [0.15, 0.2) is 84.9 Å². The summed E-state index contributed by atoms with van der Waals surface area (Å²) in [6.45, 7) is 0. The number of aromatic nitrogens is 2. The van der Waals surface area contributed by atoms with Gasteiger partial charge >= 0.3 is 6.09 Å². The molecule has 4 rings (SSSR count). The van der Waals surface area contributed by atoms with Crippen LogP contribution >= 0.6 is 0 Å². The summed E-state index contributed by atoms with van der Waals surface area (Å²) < 4.78 is 0. The van der Waals surface area contributed by atoms with E-state index in [0.717, 1.165) is 33.9 Å². The molecule has 1 heterocycles. The number of imidazole rings is 1. The third kappa shape index (κ3) is 3.38. The number of rotatable bonds is 4. The molecule has 0 fully saturated rings. The Balaban J connectivity index is 1.79. The van der Waals surface area contributed by atoms with Crippen molar-refractivity contribution in [2.24, 2.45) is 0 Å². The van der Waals surface area contributed by atoms with E-state index in [9.17, 15) is 4.79 Å². The lowest BCUT2D eigenvalue weighted by Crippen LogP contribution is -2.23. The summed E-state index contributed by atoms with van der Waals surface area (Å²) in [5, 5.41) is 9.12. The molecule has 0 aliphatic heterocycles. The Kier molecular flexibility index (Phi) is 4.64. The van der Waals surface area contributed by atoms with Crippen molar-refractivity contribution in [2.45, 2.75) is 0 Å². The molecule has 0 saturated heterocycles. The first-order valence-corrected chi connectivity index (χ1v) is 8.91. The largest absolute Gasteiger partial charge is 0.465 e. The van der Waals surface area contributed by atoms with Crippen LogP contribution in [0.4, 0.5) is 10.5 Å². The van der Waals surface area contributed by atoms with Crippen LogP contribution in [0.2, 0.25) is 0 Å². The first-order valence-electron chi connectivity index (χ1n) is 8.91. The molecule has 1 amide bonds. The van der Waals surface area contributed by atoms with E-state index in [0.29, 0.717) is 5.69 Å². The van der Waals surface area contributed by atoms with Gasteiger partial charge in [0.25, 0.3) is 0 Å². The molecule has 3 aromatic carbocycles. The second kappa shape index (κ2) is 7.40. The average molecular weight is 369 g/mol. The van der Waals surface area contributed by atoms with Gasteiger partial charge in [0.2, 0.25) is 0 Å². The molecular formula is C23H19N3O2. The van der Waals surface area contributed by atoms with Crippen LogP contribution in [-0.4, -0.2) is 28.2 Å². The quantitative estimate of drug-likeness (QED) is 0.497. The minimum absolute atomic E-state index is 0.606. The third-order valence-corrected chi connectivity index (χ3v) is 4.63. The van der Waals surface area contributed by atoms with E-state index >= 15 is 0 Å². The number of anilines is 1. The van der Waals surface area contributed by atoms with Gasteiger partial charge in [-0.2, -0.15) is 0 Å². The minimum atomic E-state index is -0.997. The lowest BCUT2D eigenvalue weighted by molar-refractivity contribution is 0.203. The monoisotopic (exact) mass is 369 g/mol. The van der Waals surface area contributed by atoms with Crippen molar-refractivity contribution >= 4 is 11.8 Å². The highest BCUT2D eigenvalue weighted by Crippen LogP contribution is 2.33. The molecule has 5 nitrogen and oxygen atoms in total. The van der Waals surface area contributed by atoms with Crippen molar-refractivity contribution in [2.75, 3.05) is 11.9 Å². The van der Waals surface area contributed by atoms with E-state index in [1.54, 1.807) is 12.1 Å². The van der Waals surface area contributed by atoms with Gasteiger partial charge in [0.15, 0.2) is 0 Å². The van der Waals surface area contributed by atoms with Gasteiger partial charge in [0.05, 0.1) is 11.4 Å². The summed E-state index contributed by atoms with van der Waals surface area (Å²) >= 11 is 0. The lowest BCUT2D eigenvalue weighted by Gasteiger charge is -2.12. The number of nitrogens with zero attached hydrogens (tertiary/aromatic N) is 2. The SMILES string of the molecule is CN(C(=O)O)c1ccc(-c2nc(-c3ccccc3)c(-c3ccccc3)[nH]2)cc1. The molecule has 0 saturated carbocycles. The molecule has 0 aliphatic carbocycles. The average Bonchev–Trinajstić information content (AvgIpc) is 3.20. The zero-order valence-corrected chi connectivity index (χ0v) is 15.3. The number of amides is 1. The number of H-pyrrole nitrogens is 1. The molecule has 0 radical (unpaired) electrons. The predicted octanol–water partition coefficient (Wildman–Crippen LogP) is 5.52. The summed E-state index contributed by atoms with van der Waals surface area (Å²) in [5.41, 5.74) is 5.42. The molecule has 4 aromatic rings. The molecule has 138 valence electrons. The molecular weight excluding hydrogens is 350 g/mol. The molecule has 28 heavy (non-hydrogen) atoms. The van der Waals surface area contributed by atoms with Crippen LogP contribution in [-0.2, 0) is 0 Å². The van der Waals surface area contributed by atoms with Crippen molar-refractivity contribution in [3.05, 3.63) is 84.9 Å². The smallest absolute Gasteiger partial charge is 0.411 e. The van der Waals surface area contributed by atoms with Crippen LogP contribution in [0.25, 0.3) is 33.9 Å². The van der Waals surface area contributed by atoms with E-state index < -0.39 is 6.09 Å². The highest BCUT2D eigenvalue weighted by atomic mass is 16.4. The first-order chi connectivity index (χ1) is 13.6. The Bertz CT molecular complexity index is 1030. The Morgan fingerprint density at radius 3 is 1.96 bits per heavy atom. The number of hydrogen-bond acceptors (Lipinski definition) is 2. The second-order valence-corrected chi connectivity index (χ2v) is 6.43. The van der Waals surface area contributed by atoms with Gasteiger partial charge in [-0.3, -0.25) is 4.90 Å². The molecule has 0 atom stereocenters. The van der Waals surface area contributed by atoms with Crippen LogP contribution in [0.5, 0.6) is 0 Å². The predicted molar refractivity (Wildman–Crippen MR) is 111 cm³/mol. The summed E-state index contributed by atoms with van der Waals surface area (Å²) in [4.78, 5) is 20.6. The number of carboxylic acid groups (broad SMARTS) is 1. The molecule has 0 aliphatic rings. The van der Waals surface area contributed by atoms with Crippen LogP contribution in [0.3, 0.4) is 0 Å². The van der Waals surface area contributed by atoms with E-state index in [4.69, 9.17) is 10.1 Å². The third-order valence-electron chi connectivity index (χ3n) is 4.63. The number of carbonyl (C=O) groups is 1. The second-order valence-electron chi connectivity index (χ2n) is 6.43. The number of benzene rings is 3. The van der Waals surface area contributed by atoms with Crippen molar-refractivity contribution in [3.8, 4) is 33.9 Å². The molecule has 5 heteroatoms. The van der Waals surface area contributed by atoms with E-state index in [1.807, 2.05) is 60.7 Å². The summed E-state index contributed by atoms with van der Waals surface area (Å²) in [6.07, 6.45) is -0.997. The minimum Gasteiger partial charge on any atom is -0.465 e. The summed E-state index contributed by atoms with van der Waals surface area (Å²) in [7, 11) is 1.52. The zero-order valence-electron chi connectivity index (χ0n) is 15.3. The van der Waals surface area contributed by atoms with Gasteiger partial charge in [-0.25, -0.2) is 9.78 Å². The van der Waals surface area contributed by atoms with Crippen LogP contribution in [0.1, 0.15) is 0 Å². The fourth-order valence-corrected chi connectivity index (χ4v) is 3.08. The van der Waals surface area contributed by atoms with Crippen molar-refractivity contribution in [1.29, 1.82) is 0 Å². The standard InChI is InChI=1S/C23H19N3O2/c1-26(23(27)28)19-14-12-18(13-15-19)22-24-20(16-8-4-2-5-9-16)21(25-22)17-10-6-3-7-11-17/h2-15H,1H3,(H,24,25)(H,27,28). The molecule has 2 N–H and O–H groups in total. The van der Waals surface area contributed by atoms with E-state index in [2.05, 4.69) is 17.1 Å². The number of hydrogen-bond donors (Lipinski definition) is 2. The Morgan fingerprint density at radius 2 is 1.39 bits per heavy atom. The van der Waals surface area contributed by atoms with E-state index in [-0.39, 0.29) is 0 Å². The molecule has 0 bridgehead atoms. The van der Waals surface area contributed by atoms with E-state index in [1.165, 1.54) is 11.9 Å². The normalized spacial score (nSPS) is 10.6. The Hall–Kier alpha value is -3.86. The summed E-state index contributed by atoms with van der Waals surface area (Å²) in [5.74, 6) is 0.738. The maximum absolute atomic E-state index is 11.1. The summed E-state index contributed by atoms with van der Waals surface area (Å²) in [6, 6.07) is 27.4. The molecule has 1 aromatic heterocycles. The maximum atomic E-state index is 11.1. The van der Waals surface area contributed by atoms with Crippen molar-refractivity contribution < 1.29 is 9.90 Å². The van der Waals surface area contributed by atoms with Gasteiger partial charge in [0, 0.05) is 29.4 Å². The number of nitrogens with one attached hydrogen (secondary N) is 1.